The number of nitrogens with one attached hydrogen (secondary N) is 1. The first-order valence-electron chi connectivity index (χ1n) is 12.5. The summed E-state index contributed by atoms with van der Waals surface area (Å²) in [5.41, 5.74) is 1.06. The van der Waals surface area contributed by atoms with Crippen molar-refractivity contribution < 1.29 is 45.0 Å². The number of fused-ring (bicyclic) bond motifs is 1. The zero-order valence-electron chi connectivity index (χ0n) is 22.3. The molecule has 9 nitrogen and oxygen atoms in total. The summed E-state index contributed by atoms with van der Waals surface area (Å²) >= 11 is 1.50. The minimum absolute atomic E-state index is 0. The number of aromatic nitrogens is 2. The van der Waals surface area contributed by atoms with Crippen LogP contribution >= 0.6 is 24.2 Å². The number of piperazine rings is 1. The van der Waals surface area contributed by atoms with E-state index in [1.807, 2.05) is 29.2 Å². The van der Waals surface area contributed by atoms with Gasteiger partial charge in [0.1, 0.15) is 11.2 Å². The van der Waals surface area contributed by atoms with E-state index in [4.69, 9.17) is 13.9 Å². The normalized spacial score (nSPS) is 14.9. The number of ether oxygens (including phenoxy) is 2. The van der Waals surface area contributed by atoms with Gasteiger partial charge in [-0.15, -0.1) is 12.4 Å². The Morgan fingerprint density at radius 2 is 1.64 bits per heavy atom. The predicted molar refractivity (Wildman–Crippen MR) is 146 cm³/mol. The number of benzene rings is 1. The van der Waals surface area contributed by atoms with Crippen LogP contribution in [0, 0.1) is 6.92 Å². The third-order valence-corrected chi connectivity index (χ3v) is 6.65. The summed E-state index contributed by atoms with van der Waals surface area (Å²) in [4.78, 5) is 25.1. The highest BCUT2D eigenvalue weighted by atomic mass is 35.5. The Hall–Kier alpha value is -2.95. The Kier molecular flexibility index (Phi) is 11.6. The van der Waals surface area contributed by atoms with Crippen molar-refractivity contribution in [3.8, 4) is 11.6 Å². The van der Waals surface area contributed by atoms with Gasteiger partial charge in [0.25, 0.3) is 5.22 Å². The molecule has 0 bridgehead atoms. The third kappa shape index (κ3) is 10.4. The Morgan fingerprint density at radius 3 is 2.31 bits per heavy atom. The Morgan fingerprint density at radius 1 is 1.00 bits per heavy atom. The van der Waals surface area contributed by atoms with Gasteiger partial charge in [0, 0.05) is 50.2 Å². The number of amides is 1. The molecule has 1 saturated heterocycles. The Balaban J connectivity index is 0.00000484. The average molecular weight is 644 g/mol. The molecule has 1 N–H and O–H groups in total. The Bertz CT molecular complexity index is 1260. The van der Waals surface area contributed by atoms with E-state index in [0.29, 0.717) is 31.4 Å². The van der Waals surface area contributed by atoms with Crippen molar-refractivity contribution in [1.29, 1.82) is 0 Å². The van der Waals surface area contributed by atoms with Gasteiger partial charge in [-0.1, -0.05) is 23.9 Å². The van der Waals surface area contributed by atoms with E-state index in [9.17, 15) is 31.1 Å². The molecular weight excluding hydrogens is 616 g/mol. The summed E-state index contributed by atoms with van der Waals surface area (Å²) < 4.78 is 91.7. The van der Waals surface area contributed by atoms with Crippen LogP contribution < -0.4 is 14.8 Å². The van der Waals surface area contributed by atoms with Crippen LogP contribution in [0.4, 0.5) is 32.0 Å². The molecule has 3 aromatic rings. The van der Waals surface area contributed by atoms with Crippen molar-refractivity contribution in [1.82, 2.24) is 19.8 Å². The highest BCUT2D eigenvalue weighted by molar-refractivity contribution is 7.99. The number of nitrogens with zero attached hydrogens (tertiary/aromatic N) is 4. The zero-order chi connectivity index (χ0) is 29.6. The molecule has 0 unspecified atom stereocenters. The molecule has 42 heavy (non-hydrogen) atoms. The molecule has 1 fully saturated rings. The van der Waals surface area contributed by atoms with Crippen molar-refractivity contribution in [2.24, 2.45) is 0 Å². The number of alkyl halides is 6. The minimum Gasteiger partial charge on any atom is -0.482 e. The van der Waals surface area contributed by atoms with Gasteiger partial charge in [-0.2, -0.15) is 26.3 Å². The van der Waals surface area contributed by atoms with E-state index in [1.54, 1.807) is 0 Å². The lowest BCUT2D eigenvalue weighted by Crippen LogP contribution is -2.49. The van der Waals surface area contributed by atoms with Gasteiger partial charge in [0.05, 0.1) is 6.54 Å². The van der Waals surface area contributed by atoms with Gasteiger partial charge in [-0.3, -0.25) is 14.6 Å². The van der Waals surface area contributed by atoms with Gasteiger partial charge in [0.2, 0.25) is 11.8 Å². The van der Waals surface area contributed by atoms with Crippen molar-refractivity contribution >= 4 is 46.9 Å². The summed E-state index contributed by atoms with van der Waals surface area (Å²) in [7, 11) is 0. The molecule has 3 heterocycles. The topological polar surface area (TPSA) is 93.0 Å². The van der Waals surface area contributed by atoms with E-state index in [0.717, 1.165) is 29.5 Å². The molecule has 0 saturated carbocycles. The first kappa shape index (κ1) is 33.6. The van der Waals surface area contributed by atoms with Gasteiger partial charge in [0.15, 0.2) is 24.5 Å². The molecule has 1 aromatic carbocycles. The average Bonchev–Trinajstić information content (AvgIpc) is 3.30. The van der Waals surface area contributed by atoms with Crippen molar-refractivity contribution in [3.05, 3.63) is 36.0 Å². The molecule has 0 atom stereocenters. The fraction of sp³-hybridized carbons (Fsp3) is 0.480. The highest BCUT2D eigenvalue weighted by Gasteiger charge is 2.32. The van der Waals surface area contributed by atoms with Crippen molar-refractivity contribution in [2.45, 2.75) is 24.5 Å². The molecule has 0 aliphatic carbocycles. The minimum atomic E-state index is -4.74. The van der Waals surface area contributed by atoms with Crippen LogP contribution in [-0.2, 0) is 4.79 Å². The molecule has 2 aromatic heterocycles. The number of thioether (sulfide) groups is 1. The quantitative estimate of drug-likeness (QED) is 0.224. The second-order valence-corrected chi connectivity index (χ2v) is 10.3. The van der Waals surface area contributed by atoms with Crippen LogP contribution in [0.2, 0.25) is 0 Å². The summed E-state index contributed by atoms with van der Waals surface area (Å²) in [5.74, 6) is -1.10. The number of carbonyl (C=O) groups excluding carboxylic acids is 1. The maximum atomic E-state index is 12.8. The molecule has 1 aliphatic rings. The third-order valence-electron chi connectivity index (χ3n) is 5.85. The smallest absolute Gasteiger partial charge is 0.422 e. The number of para-hydroxylation sites is 2. The first-order chi connectivity index (χ1) is 19.3. The lowest BCUT2D eigenvalue weighted by molar-refractivity contribution is -0.154. The molecule has 4 rings (SSSR count). The number of pyridine rings is 1. The molecule has 0 spiro atoms. The molecular formula is C25H28ClF6N5O4S. The van der Waals surface area contributed by atoms with E-state index in [-0.39, 0.29) is 24.6 Å². The number of rotatable bonds is 11. The van der Waals surface area contributed by atoms with Crippen LogP contribution in [-0.4, -0.2) is 96.3 Å². The SMILES string of the molecule is Cc1cc(OCC(F)(F)F)c(NC(=O)CN2CCN(CCSc3nc4ccccc4o3)CC2)c(OCC(F)(F)F)n1.Cl. The van der Waals surface area contributed by atoms with Crippen molar-refractivity contribution in [2.75, 3.05) is 63.6 Å². The second-order valence-electron chi connectivity index (χ2n) is 9.21. The molecule has 232 valence electrons. The molecule has 0 radical (unpaired) electrons. The number of aryl methyl sites for hydroxylation is 1. The summed E-state index contributed by atoms with van der Waals surface area (Å²) in [6.07, 6.45) is -9.45. The van der Waals surface area contributed by atoms with Crippen LogP contribution in [0.1, 0.15) is 5.69 Å². The van der Waals surface area contributed by atoms with Gasteiger partial charge in [-0.25, -0.2) is 9.97 Å². The van der Waals surface area contributed by atoms with Crippen LogP contribution in [0.15, 0.2) is 40.0 Å². The van der Waals surface area contributed by atoms with E-state index in [1.165, 1.54) is 18.7 Å². The first-order valence-corrected chi connectivity index (χ1v) is 13.5. The predicted octanol–water partition coefficient (Wildman–Crippen LogP) is 5.18. The standard InChI is InChI=1S/C25H27F6N5O4S.ClH/c1-16-12-19(38-14-24(26,27)28)21(22(32-16)39-15-25(29,30)31)34-20(37)13-36-8-6-35(7-9-36)10-11-41-23-33-17-4-2-3-5-18(17)40-23;/h2-5,12H,6-11,13-15H2,1H3,(H,34,37);1H. The Labute approximate surface area is 247 Å². The number of oxazole rings is 1. The fourth-order valence-corrected chi connectivity index (χ4v) is 4.82. The summed E-state index contributed by atoms with van der Waals surface area (Å²) in [6.45, 7) is 0.875. The van der Waals surface area contributed by atoms with Gasteiger partial charge < -0.3 is 19.2 Å². The van der Waals surface area contributed by atoms with E-state index in [2.05, 4.69) is 20.2 Å². The maximum absolute atomic E-state index is 12.8. The van der Waals surface area contributed by atoms with Crippen LogP contribution in [0.5, 0.6) is 11.6 Å². The molecule has 17 heteroatoms. The molecule has 1 aliphatic heterocycles. The monoisotopic (exact) mass is 643 g/mol. The molecule has 1 amide bonds. The van der Waals surface area contributed by atoms with Gasteiger partial charge in [-0.05, 0) is 19.1 Å². The largest absolute Gasteiger partial charge is 0.482 e. The summed E-state index contributed by atoms with van der Waals surface area (Å²) in [5, 5.41) is 2.93. The number of anilines is 1. The lowest BCUT2D eigenvalue weighted by Gasteiger charge is -2.34. The van der Waals surface area contributed by atoms with Crippen LogP contribution in [0.25, 0.3) is 11.1 Å². The number of hydrogen-bond donors (Lipinski definition) is 1. The van der Waals surface area contributed by atoms with Gasteiger partial charge >= 0.3 is 12.4 Å². The van der Waals surface area contributed by atoms with Crippen molar-refractivity contribution in [3.63, 3.8) is 0 Å². The van der Waals surface area contributed by atoms with E-state index >= 15 is 0 Å². The zero-order valence-corrected chi connectivity index (χ0v) is 23.9. The van der Waals surface area contributed by atoms with Crippen LogP contribution in [0.3, 0.4) is 0 Å². The number of halogens is 7. The lowest BCUT2D eigenvalue weighted by atomic mass is 10.3. The summed E-state index contributed by atoms with van der Waals surface area (Å²) in [6, 6.07) is 8.57. The second kappa shape index (κ2) is 14.5. The maximum Gasteiger partial charge on any atom is 0.422 e. The number of hydrogen-bond acceptors (Lipinski definition) is 9. The fourth-order valence-electron chi connectivity index (χ4n) is 3.99. The van der Waals surface area contributed by atoms with E-state index < -0.39 is 48.8 Å². The number of carbonyl (C=O) groups is 1. The highest BCUT2D eigenvalue weighted by Crippen LogP contribution is 2.36.